The molecule has 0 heterocycles. The second-order valence-electron chi connectivity index (χ2n) is 9.69. The molecule has 1 fully saturated rings. The van der Waals surface area contributed by atoms with Gasteiger partial charge >= 0.3 is 0 Å². The number of nitrogens with one attached hydrogen (secondary N) is 2. The fraction of sp³-hybridized carbons (Fsp3) is 0.483. The first-order chi connectivity index (χ1) is 18.8. The highest BCUT2D eigenvalue weighted by Gasteiger charge is 2.25. The number of ether oxygens (including phenoxy) is 3. The van der Waals surface area contributed by atoms with E-state index in [0.29, 0.717) is 35.8 Å². The molecule has 1 saturated carbocycles. The van der Waals surface area contributed by atoms with E-state index < -0.39 is 11.9 Å². The van der Waals surface area contributed by atoms with E-state index in [0.717, 1.165) is 31.2 Å². The van der Waals surface area contributed by atoms with Crippen molar-refractivity contribution in [3.8, 4) is 17.2 Å². The Balaban J connectivity index is 1.62. The number of carbonyl (C=O) groups is 2. The van der Waals surface area contributed by atoms with E-state index in [9.17, 15) is 14.0 Å². The van der Waals surface area contributed by atoms with Gasteiger partial charge in [0.2, 0.25) is 11.8 Å². The second kappa shape index (κ2) is 14.9. The van der Waals surface area contributed by atoms with Crippen molar-refractivity contribution in [3.05, 3.63) is 53.3 Å². The molecule has 2 amide bonds. The van der Waals surface area contributed by atoms with Crippen molar-refractivity contribution in [2.45, 2.75) is 64.0 Å². The van der Waals surface area contributed by atoms with Gasteiger partial charge in [0.25, 0.3) is 0 Å². The highest BCUT2D eigenvalue weighted by molar-refractivity contribution is 5.97. The number of aliphatic imine (C=N–C) groups is 1. The first kappa shape index (κ1) is 29.7. The van der Waals surface area contributed by atoms with E-state index in [1.54, 1.807) is 32.4 Å². The molecule has 2 aromatic rings. The number of amides is 2. The van der Waals surface area contributed by atoms with Gasteiger partial charge in [-0.25, -0.2) is 9.38 Å². The van der Waals surface area contributed by atoms with E-state index in [2.05, 4.69) is 15.6 Å². The summed E-state index contributed by atoms with van der Waals surface area (Å²) in [5.74, 6) is 0.507. The molecule has 3 rings (SSSR count). The number of halogens is 1. The number of benzene rings is 2. The molecule has 212 valence electrons. The van der Waals surface area contributed by atoms with Gasteiger partial charge in [-0.05, 0) is 54.2 Å². The summed E-state index contributed by atoms with van der Waals surface area (Å²) in [5, 5.41) is 5.48. The Morgan fingerprint density at radius 1 is 0.974 bits per heavy atom. The molecule has 1 aliphatic carbocycles. The Morgan fingerprint density at radius 3 is 2.33 bits per heavy atom. The van der Waals surface area contributed by atoms with Crippen molar-refractivity contribution in [1.82, 2.24) is 10.6 Å². The van der Waals surface area contributed by atoms with E-state index in [1.165, 1.54) is 19.6 Å². The number of methoxy groups -OCH3 is 3. The van der Waals surface area contributed by atoms with Gasteiger partial charge in [0, 0.05) is 13.0 Å². The smallest absolute Gasteiger partial charge is 0.245 e. The average Bonchev–Trinajstić information content (AvgIpc) is 2.95. The molecule has 0 saturated heterocycles. The lowest BCUT2D eigenvalue weighted by Crippen LogP contribution is -2.41. The molecule has 39 heavy (non-hydrogen) atoms. The first-order valence-electron chi connectivity index (χ1n) is 13.3. The number of carbonyl (C=O) groups excluding carboxylic acids is 2. The van der Waals surface area contributed by atoms with Gasteiger partial charge in [-0.15, -0.1) is 0 Å². The molecule has 9 nitrogen and oxygen atoms in total. The maximum Gasteiger partial charge on any atom is 0.245 e. The summed E-state index contributed by atoms with van der Waals surface area (Å²) in [4.78, 5) is 30.1. The van der Waals surface area contributed by atoms with Gasteiger partial charge in [0.15, 0.2) is 29.0 Å². The number of hydrogen-bond donors (Lipinski definition) is 3. The summed E-state index contributed by atoms with van der Waals surface area (Å²) in [7, 11) is 4.51. The zero-order valence-corrected chi connectivity index (χ0v) is 22.9. The SMILES string of the molecule is COc1cc(CNC(=O)C(CC2CCCCC2)N=C(N)NC(=O)CCc2ccc(OC)c(OC)c2)ccc1F. The van der Waals surface area contributed by atoms with Crippen LogP contribution < -0.4 is 30.6 Å². The topological polar surface area (TPSA) is 124 Å². The summed E-state index contributed by atoms with van der Waals surface area (Å²) >= 11 is 0. The van der Waals surface area contributed by atoms with Crippen LogP contribution >= 0.6 is 0 Å². The third-order valence-corrected chi connectivity index (χ3v) is 6.92. The van der Waals surface area contributed by atoms with E-state index in [4.69, 9.17) is 19.9 Å². The van der Waals surface area contributed by atoms with Crippen LogP contribution in [0.5, 0.6) is 17.2 Å². The van der Waals surface area contributed by atoms with Crippen LogP contribution in [0.2, 0.25) is 0 Å². The van der Waals surface area contributed by atoms with Crippen molar-refractivity contribution in [2.24, 2.45) is 16.6 Å². The van der Waals surface area contributed by atoms with E-state index in [1.807, 2.05) is 12.1 Å². The molecular formula is C29H39FN4O5. The third-order valence-electron chi connectivity index (χ3n) is 6.92. The van der Waals surface area contributed by atoms with Crippen molar-refractivity contribution in [3.63, 3.8) is 0 Å². The number of hydrogen-bond acceptors (Lipinski definition) is 6. The number of rotatable bonds is 12. The van der Waals surface area contributed by atoms with Gasteiger partial charge in [0.1, 0.15) is 6.04 Å². The highest BCUT2D eigenvalue weighted by atomic mass is 19.1. The standard InChI is InChI=1S/C29H39FN4O5/c1-37-24-13-10-20(16-26(24)39-3)11-14-27(35)34-29(31)33-23(15-19-7-5-4-6-8-19)28(36)32-18-21-9-12-22(30)25(17-21)38-2/h9-10,12-13,16-17,19,23H,4-8,11,14-15,18H2,1-3H3,(H,32,36)(H3,31,33,34,35). The molecule has 2 aromatic carbocycles. The number of nitrogens with zero attached hydrogens (tertiary/aromatic N) is 1. The minimum atomic E-state index is -0.749. The molecule has 0 spiro atoms. The van der Waals surface area contributed by atoms with Gasteiger partial charge in [0.05, 0.1) is 21.3 Å². The third kappa shape index (κ3) is 9.15. The van der Waals surface area contributed by atoms with Crippen molar-refractivity contribution >= 4 is 17.8 Å². The first-order valence-corrected chi connectivity index (χ1v) is 13.3. The fourth-order valence-corrected chi connectivity index (χ4v) is 4.78. The second-order valence-corrected chi connectivity index (χ2v) is 9.69. The maximum atomic E-state index is 13.7. The fourth-order valence-electron chi connectivity index (χ4n) is 4.78. The zero-order valence-electron chi connectivity index (χ0n) is 22.9. The number of guanidine groups is 1. The van der Waals surface area contributed by atoms with Gasteiger partial charge in [-0.2, -0.15) is 0 Å². The predicted octanol–water partition coefficient (Wildman–Crippen LogP) is 3.87. The van der Waals surface area contributed by atoms with Crippen molar-refractivity contribution in [2.75, 3.05) is 21.3 Å². The zero-order chi connectivity index (χ0) is 28.2. The van der Waals surface area contributed by atoms with Crippen LogP contribution in [-0.4, -0.2) is 45.1 Å². The average molecular weight is 543 g/mol. The van der Waals surface area contributed by atoms with Gasteiger partial charge < -0.3 is 25.3 Å². The quantitative estimate of drug-likeness (QED) is 0.276. The predicted molar refractivity (Wildman–Crippen MR) is 147 cm³/mol. The molecule has 1 aliphatic rings. The number of aryl methyl sites for hydroxylation is 1. The molecular weight excluding hydrogens is 503 g/mol. The lowest BCUT2D eigenvalue weighted by atomic mass is 9.84. The van der Waals surface area contributed by atoms with Gasteiger partial charge in [-0.3, -0.25) is 14.9 Å². The molecule has 0 aliphatic heterocycles. The van der Waals surface area contributed by atoms with Crippen LogP contribution in [0.25, 0.3) is 0 Å². The van der Waals surface area contributed by atoms with Gasteiger partial charge in [-0.1, -0.05) is 44.2 Å². The Labute approximate surface area is 229 Å². The molecule has 0 aromatic heterocycles. The molecule has 10 heteroatoms. The summed E-state index contributed by atoms with van der Waals surface area (Å²) in [5.41, 5.74) is 7.68. The minimum Gasteiger partial charge on any atom is -0.494 e. The van der Waals surface area contributed by atoms with Crippen LogP contribution in [0, 0.1) is 11.7 Å². The highest BCUT2D eigenvalue weighted by Crippen LogP contribution is 2.29. The molecule has 0 radical (unpaired) electrons. The van der Waals surface area contributed by atoms with Crippen LogP contribution in [0.4, 0.5) is 4.39 Å². The lowest BCUT2D eigenvalue weighted by molar-refractivity contribution is -0.123. The van der Waals surface area contributed by atoms with Crippen LogP contribution in [0.1, 0.15) is 56.1 Å². The largest absolute Gasteiger partial charge is 0.494 e. The summed E-state index contributed by atoms with van der Waals surface area (Å²) in [6.45, 7) is 0.184. The summed E-state index contributed by atoms with van der Waals surface area (Å²) < 4.78 is 29.3. The Bertz CT molecular complexity index is 1150. The Kier molecular flexibility index (Phi) is 11.4. The van der Waals surface area contributed by atoms with E-state index >= 15 is 0 Å². The monoisotopic (exact) mass is 542 g/mol. The Morgan fingerprint density at radius 2 is 1.64 bits per heavy atom. The summed E-state index contributed by atoms with van der Waals surface area (Å²) in [6, 6.07) is 9.16. The molecule has 1 unspecified atom stereocenters. The van der Waals surface area contributed by atoms with Crippen LogP contribution in [-0.2, 0) is 22.6 Å². The number of nitrogens with two attached hydrogens (primary N) is 1. The van der Waals surface area contributed by atoms with Crippen molar-refractivity contribution < 1.29 is 28.2 Å². The van der Waals surface area contributed by atoms with Crippen LogP contribution in [0.3, 0.4) is 0 Å². The molecule has 1 atom stereocenters. The molecule has 0 bridgehead atoms. The minimum absolute atomic E-state index is 0.0910. The Hall–Kier alpha value is -3.82. The maximum absolute atomic E-state index is 13.7. The lowest BCUT2D eigenvalue weighted by Gasteiger charge is -2.24. The normalized spacial score (nSPS) is 14.8. The van der Waals surface area contributed by atoms with E-state index in [-0.39, 0.29) is 36.5 Å². The van der Waals surface area contributed by atoms with Crippen molar-refractivity contribution in [1.29, 1.82) is 0 Å². The van der Waals surface area contributed by atoms with Crippen LogP contribution in [0.15, 0.2) is 41.4 Å². The summed E-state index contributed by atoms with van der Waals surface area (Å²) in [6.07, 6.45) is 6.70. The molecule has 4 N–H and O–H groups in total.